The summed E-state index contributed by atoms with van der Waals surface area (Å²) in [6.07, 6.45) is 1.29. The van der Waals surface area contributed by atoms with Crippen molar-refractivity contribution in [2.75, 3.05) is 6.54 Å². The molecule has 0 spiro atoms. The maximum atomic E-state index is 3.48. The molecule has 0 amide bonds. The van der Waals surface area contributed by atoms with E-state index in [1.807, 2.05) is 0 Å². The zero-order chi connectivity index (χ0) is 8.85. The van der Waals surface area contributed by atoms with E-state index >= 15 is 0 Å². The minimum Gasteiger partial charge on any atom is -0.314 e. The molecule has 0 bridgehead atoms. The van der Waals surface area contributed by atoms with Crippen molar-refractivity contribution in [2.45, 2.75) is 47.1 Å². The number of nitrogens with one attached hydrogen (secondary N) is 1. The Morgan fingerprint density at radius 1 is 1.09 bits per heavy atom. The third kappa shape index (κ3) is 5.25. The van der Waals surface area contributed by atoms with Crippen LogP contribution >= 0.6 is 0 Å². The van der Waals surface area contributed by atoms with Gasteiger partial charge in [0, 0.05) is 6.04 Å². The number of hydrogen-bond acceptors (Lipinski definition) is 1. The maximum Gasteiger partial charge on any atom is 0.00104 e. The molecular formula is C10H23N. The zero-order valence-corrected chi connectivity index (χ0v) is 8.65. The minimum absolute atomic E-state index is 0.628. The second-order valence-corrected chi connectivity index (χ2v) is 3.98. The summed E-state index contributed by atoms with van der Waals surface area (Å²) < 4.78 is 0. The van der Waals surface area contributed by atoms with Crippen LogP contribution in [-0.2, 0) is 0 Å². The molecule has 0 saturated carbocycles. The summed E-state index contributed by atoms with van der Waals surface area (Å²) in [5.41, 5.74) is 0. The van der Waals surface area contributed by atoms with Gasteiger partial charge in [-0.05, 0) is 18.4 Å². The average molecular weight is 157 g/mol. The van der Waals surface area contributed by atoms with Gasteiger partial charge >= 0.3 is 0 Å². The van der Waals surface area contributed by atoms with Crippen molar-refractivity contribution in [1.82, 2.24) is 5.32 Å². The first-order chi connectivity index (χ1) is 5.07. The molecule has 0 aliphatic rings. The normalized spacial score (nSPS) is 14.5. The maximum absolute atomic E-state index is 3.48. The van der Waals surface area contributed by atoms with Gasteiger partial charge in [0.2, 0.25) is 0 Å². The molecule has 11 heavy (non-hydrogen) atoms. The van der Waals surface area contributed by atoms with Crippen molar-refractivity contribution >= 4 is 0 Å². The molecule has 0 saturated heterocycles. The first kappa shape index (κ1) is 11.0. The van der Waals surface area contributed by atoms with Crippen LogP contribution < -0.4 is 5.32 Å². The van der Waals surface area contributed by atoms with Gasteiger partial charge in [-0.15, -0.1) is 0 Å². The zero-order valence-electron chi connectivity index (χ0n) is 8.65. The largest absolute Gasteiger partial charge is 0.314 e. The lowest BCUT2D eigenvalue weighted by molar-refractivity contribution is 0.342. The first-order valence-corrected chi connectivity index (χ1v) is 4.81. The summed E-state index contributed by atoms with van der Waals surface area (Å²) in [6.45, 7) is 12.4. The van der Waals surface area contributed by atoms with E-state index in [-0.39, 0.29) is 0 Å². The molecule has 1 atom stereocenters. The van der Waals surface area contributed by atoms with Crippen molar-refractivity contribution in [3.8, 4) is 0 Å². The highest BCUT2D eigenvalue weighted by Crippen LogP contribution is 2.13. The van der Waals surface area contributed by atoms with Gasteiger partial charge in [0.25, 0.3) is 0 Å². The van der Waals surface area contributed by atoms with Crippen LogP contribution in [0.1, 0.15) is 41.0 Å². The van der Waals surface area contributed by atoms with E-state index in [2.05, 4.69) is 39.9 Å². The predicted molar refractivity (Wildman–Crippen MR) is 51.8 cm³/mol. The van der Waals surface area contributed by atoms with Crippen LogP contribution in [0.5, 0.6) is 0 Å². The fraction of sp³-hybridized carbons (Fsp3) is 1.00. The first-order valence-electron chi connectivity index (χ1n) is 4.81. The summed E-state index contributed by atoms with van der Waals surface area (Å²) in [7, 11) is 0. The van der Waals surface area contributed by atoms with Crippen LogP contribution in [0.25, 0.3) is 0 Å². The molecule has 0 aliphatic carbocycles. The van der Waals surface area contributed by atoms with E-state index in [0.717, 1.165) is 11.8 Å². The van der Waals surface area contributed by atoms with Crippen LogP contribution in [-0.4, -0.2) is 12.6 Å². The van der Waals surface area contributed by atoms with E-state index in [4.69, 9.17) is 0 Å². The van der Waals surface area contributed by atoms with Gasteiger partial charge in [-0.3, -0.25) is 0 Å². The van der Waals surface area contributed by atoms with Crippen molar-refractivity contribution in [3.63, 3.8) is 0 Å². The summed E-state index contributed by atoms with van der Waals surface area (Å²) >= 11 is 0. The quantitative estimate of drug-likeness (QED) is 0.647. The Kier molecular flexibility index (Phi) is 5.57. The Balaban J connectivity index is 3.52. The fourth-order valence-electron chi connectivity index (χ4n) is 1.24. The standard InChI is InChI=1S/C10H23N/c1-6-10(8(2)3)7-11-9(4)5/h8-11H,6-7H2,1-5H3. The second kappa shape index (κ2) is 5.59. The Morgan fingerprint density at radius 3 is 1.91 bits per heavy atom. The van der Waals surface area contributed by atoms with E-state index < -0.39 is 0 Å². The molecule has 0 aromatic heterocycles. The van der Waals surface area contributed by atoms with Gasteiger partial charge in [0.1, 0.15) is 0 Å². The van der Waals surface area contributed by atoms with Gasteiger partial charge in [0.15, 0.2) is 0 Å². The van der Waals surface area contributed by atoms with E-state index in [1.165, 1.54) is 13.0 Å². The number of rotatable bonds is 5. The molecule has 68 valence electrons. The van der Waals surface area contributed by atoms with Gasteiger partial charge in [-0.1, -0.05) is 41.0 Å². The van der Waals surface area contributed by atoms with Crippen LogP contribution in [0, 0.1) is 11.8 Å². The lowest BCUT2D eigenvalue weighted by Gasteiger charge is -2.20. The van der Waals surface area contributed by atoms with Crippen molar-refractivity contribution < 1.29 is 0 Å². The van der Waals surface area contributed by atoms with Gasteiger partial charge in [-0.25, -0.2) is 0 Å². The monoisotopic (exact) mass is 157 g/mol. The molecule has 0 radical (unpaired) electrons. The molecule has 1 nitrogen and oxygen atoms in total. The van der Waals surface area contributed by atoms with E-state index in [1.54, 1.807) is 0 Å². The van der Waals surface area contributed by atoms with Gasteiger partial charge < -0.3 is 5.32 Å². The van der Waals surface area contributed by atoms with Crippen molar-refractivity contribution in [1.29, 1.82) is 0 Å². The lowest BCUT2D eigenvalue weighted by atomic mass is 9.93. The topological polar surface area (TPSA) is 12.0 Å². The smallest absolute Gasteiger partial charge is 0.00104 e. The summed E-state index contributed by atoms with van der Waals surface area (Å²) in [4.78, 5) is 0. The van der Waals surface area contributed by atoms with Crippen LogP contribution in [0.15, 0.2) is 0 Å². The molecule has 0 rings (SSSR count). The fourth-order valence-corrected chi connectivity index (χ4v) is 1.24. The van der Waals surface area contributed by atoms with Crippen LogP contribution in [0.3, 0.4) is 0 Å². The highest BCUT2D eigenvalue weighted by Gasteiger charge is 2.10. The summed E-state index contributed by atoms with van der Waals surface area (Å²) in [5, 5.41) is 3.48. The Hall–Kier alpha value is -0.0400. The number of hydrogen-bond donors (Lipinski definition) is 1. The van der Waals surface area contributed by atoms with Crippen LogP contribution in [0.4, 0.5) is 0 Å². The second-order valence-electron chi connectivity index (χ2n) is 3.98. The van der Waals surface area contributed by atoms with Crippen molar-refractivity contribution in [2.24, 2.45) is 11.8 Å². The third-order valence-corrected chi connectivity index (χ3v) is 2.26. The minimum atomic E-state index is 0.628. The predicted octanol–water partition coefficient (Wildman–Crippen LogP) is 2.67. The Bertz CT molecular complexity index is 86.9. The van der Waals surface area contributed by atoms with Gasteiger partial charge in [-0.2, -0.15) is 0 Å². The third-order valence-electron chi connectivity index (χ3n) is 2.26. The molecule has 1 unspecified atom stereocenters. The molecule has 0 aromatic rings. The lowest BCUT2D eigenvalue weighted by Crippen LogP contribution is -2.30. The molecule has 0 aromatic carbocycles. The molecule has 1 heteroatoms. The van der Waals surface area contributed by atoms with E-state index in [0.29, 0.717) is 6.04 Å². The molecule has 0 aliphatic heterocycles. The summed E-state index contributed by atoms with van der Waals surface area (Å²) in [6, 6.07) is 0.628. The van der Waals surface area contributed by atoms with Crippen LogP contribution in [0.2, 0.25) is 0 Å². The van der Waals surface area contributed by atoms with E-state index in [9.17, 15) is 0 Å². The Morgan fingerprint density at radius 2 is 1.64 bits per heavy atom. The highest BCUT2D eigenvalue weighted by atomic mass is 14.9. The van der Waals surface area contributed by atoms with Crippen molar-refractivity contribution in [3.05, 3.63) is 0 Å². The Labute approximate surface area is 71.6 Å². The molecule has 1 N–H and O–H groups in total. The van der Waals surface area contributed by atoms with Gasteiger partial charge in [0.05, 0.1) is 0 Å². The highest BCUT2D eigenvalue weighted by molar-refractivity contribution is 4.65. The molecule has 0 fully saturated rings. The SMILES string of the molecule is CCC(CNC(C)C)C(C)C. The summed E-state index contributed by atoms with van der Waals surface area (Å²) in [5.74, 6) is 1.66. The average Bonchev–Trinajstić information content (AvgIpc) is 1.87. The molecule has 0 heterocycles. The molecular weight excluding hydrogens is 134 g/mol.